The lowest BCUT2D eigenvalue weighted by atomic mass is 10.4. The fraction of sp³-hybridized carbons (Fsp3) is 0.250. The van der Waals surface area contributed by atoms with Crippen molar-refractivity contribution in [2.24, 2.45) is 0 Å². The van der Waals surface area contributed by atoms with Gasteiger partial charge in [0.15, 0.2) is 0 Å². The fourth-order valence-electron chi connectivity index (χ4n) is 1.14. The van der Waals surface area contributed by atoms with Gasteiger partial charge in [0.1, 0.15) is 16.7 Å². The Kier molecular flexibility index (Phi) is 2.19. The van der Waals surface area contributed by atoms with E-state index in [9.17, 15) is 0 Å². The quantitative estimate of drug-likeness (QED) is 0.554. The van der Waals surface area contributed by atoms with Crippen LogP contribution in [0.25, 0.3) is 11.1 Å². The van der Waals surface area contributed by atoms with Crippen LogP contribution >= 0.6 is 34.2 Å². The van der Waals surface area contributed by atoms with E-state index in [1.54, 1.807) is 6.92 Å². The molecule has 0 amide bonds. The number of rotatable bonds is 0. The maximum Gasteiger partial charge on any atom is 0.232 e. The van der Waals surface area contributed by atoms with Crippen molar-refractivity contribution in [1.29, 1.82) is 0 Å². The molecule has 0 saturated heterocycles. The lowest BCUT2D eigenvalue weighted by molar-refractivity contribution is 0.563. The van der Waals surface area contributed by atoms with Gasteiger partial charge < -0.3 is 4.42 Å². The van der Waals surface area contributed by atoms with Crippen LogP contribution in [0.4, 0.5) is 0 Å². The number of hydrogen-bond donors (Lipinski definition) is 0. The second kappa shape index (κ2) is 3.09. The molecule has 0 saturated carbocycles. The van der Waals surface area contributed by atoms with Crippen molar-refractivity contribution in [2.45, 2.75) is 13.8 Å². The Balaban J connectivity index is 2.94. The average Bonchev–Trinajstić information content (AvgIpc) is 2.27. The van der Waals surface area contributed by atoms with Gasteiger partial charge in [0.2, 0.25) is 5.71 Å². The van der Waals surface area contributed by atoms with Gasteiger partial charge in [0.05, 0.1) is 8.96 Å². The molecule has 2 rings (SSSR count). The van der Waals surface area contributed by atoms with Gasteiger partial charge in [-0.3, -0.25) is 0 Å². The van der Waals surface area contributed by atoms with E-state index in [4.69, 9.17) is 16.0 Å². The summed E-state index contributed by atoms with van der Waals surface area (Å²) in [7, 11) is 0. The number of fused-ring (bicyclic) bond motifs is 1. The Hall–Kier alpha value is -0.360. The Labute approximate surface area is 93.6 Å². The van der Waals surface area contributed by atoms with Gasteiger partial charge in [-0.25, -0.2) is 4.98 Å². The molecule has 0 fully saturated rings. The zero-order valence-electron chi connectivity index (χ0n) is 7.06. The van der Waals surface area contributed by atoms with Gasteiger partial charge in [0.25, 0.3) is 0 Å². The third-order valence-electron chi connectivity index (χ3n) is 1.72. The predicted molar refractivity (Wildman–Crippen MR) is 59.0 cm³/mol. The largest absolute Gasteiger partial charge is 0.442 e. The molecular weight excluding hydrogens is 302 g/mol. The molecule has 0 aromatic carbocycles. The second-order valence-corrected chi connectivity index (χ2v) is 4.15. The van der Waals surface area contributed by atoms with Crippen LogP contribution in [0.1, 0.15) is 11.6 Å². The summed E-state index contributed by atoms with van der Waals surface area (Å²) >= 11 is 8.14. The Morgan fingerprint density at radius 1 is 1.31 bits per heavy atom. The molecule has 0 radical (unpaired) electrons. The maximum atomic E-state index is 5.97. The van der Waals surface area contributed by atoms with Gasteiger partial charge in [-0.15, -0.1) is 0 Å². The van der Waals surface area contributed by atoms with Crippen LogP contribution in [-0.2, 0) is 0 Å². The van der Waals surface area contributed by atoms with Gasteiger partial charge in [-0.1, -0.05) is 11.6 Å². The molecule has 0 spiro atoms. The van der Waals surface area contributed by atoms with Crippen molar-refractivity contribution < 1.29 is 4.42 Å². The Morgan fingerprint density at radius 2 is 2.00 bits per heavy atom. The number of aromatic nitrogens is 2. The monoisotopic (exact) mass is 308 g/mol. The Bertz CT molecular complexity index is 480. The zero-order valence-corrected chi connectivity index (χ0v) is 9.97. The summed E-state index contributed by atoms with van der Waals surface area (Å²) in [6.45, 7) is 3.67. The molecule has 3 nitrogen and oxygen atoms in total. The van der Waals surface area contributed by atoms with E-state index in [-0.39, 0.29) is 0 Å². The first-order valence-corrected chi connectivity index (χ1v) is 5.14. The standard InChI is InChI=1S/C8H6ClIN2O/c1-3-6(10)5-7(9)11-4(2)12-8(5)13-3/h1-2H3. The van der Waals surface area contributed by atoms with Gasteiger partial charge in [0, 0.05) is 0 Å². The van der Waals surface area contributed by atoms with Gasteiger partial charge in [-0.2, -0.15) is 4.98 Å². The highest BCUT2D eigenvalue weighted by atomic mass is 127. The first-order valence-electron chi connectivity index (χ1n) is 3.68. The van der Waals surface area contributed by atoms with Crippen LogP contribution in [0, 0.1) is 17.4 Å². The van der Waals surface area contributed by atoms with E-state index in [0.29, 0.717) is 16.7 Å². The summed E-state index contributed by atoms with van der Waals surface area (Å²) in [5, 5.41) is 1.27. The number of halogens is 2. The van der Waals surface area contributed by atoms with Crippen LogP contribution in [0.3, 0.4) is 0 Å². The topological polar surface area (TPSA) is 38.9 Å². The smallest absolute Gasteiger partial charge is 0.232 e. The highest BCUT2D eigenvalue weighted by Crippen LogP contribution is 2.30. The molecule has 2 aromatic heterocycles. The zero-order chi connectivity index (χ0) is 9.59. The van der Waals surface area contributed by atoms with E-state index in [1.165, 1.54) is 0 Å². The lowest BCUT2D eigenvalue weighted by Crippen LogP contribution is -1.87. The Morgan fingerprint density at radius 3 is 2.69 bits per heavy atom. The molecule has 0 N–H and O–H groups in total. The minimum absolute atomic E-state index is 0.462. The van der Waals surface area contributed by atoms with Crippen molar-refractivity contribution >= 4 is 45.3 Å². The van der Waals surface area contributed by atoms with Gasteiger partial charge in [-0.05, 0) is 36.4 Å². The SMILES string of the molecule is Cc1nc(Cl)c2c(I)c(C)oc2n1. The molecule has 0 aliphatic carbocycles. The fourth-order valence-corrected chi connectivity index (χ4v) is 2.19. The number of nitrogens with zero attached hydrogens (tertiary/aromatic N) is 2. The first kappa shape index (κ1) is 9.21. The highest BCUT2D eigenvalue weighted by Gasteiger charge is 2.14. The van der Waals surface area contributed by atoms with Crippen molar-refractivity contribution in [2.75, 3.05) is 0 Å². The molecule has 0 aliphatic rings. The third kappa shape index (κ3) is 1.42. The lowest BCUT2D eigenvalue weighted by Gasteiger charge is -1.93. The molecule has 2 heterocycles. The summed E-state index contributed by atoms with van der Waals surface area (Å²) in [4.78, 5) is 8.22. The molecule has 0 bridgehead atoms. The predicted octanol–water partition coefficient (Wildman–Crippen LogP) is 3.10. The minimum atomic E-state index is 0.462. The summed E-state index contributed by atoms with van der Waals surface area (Å²) in [5.74, 6) is 1.46. The number of furan rings is 1. The van der Waals surface area contributed by atoms with Crippen molar-refractivity contribution in [1.82, 2.24) is 9.97 Å². The molecule has 68 valence electrons. The molecular formula is C8H6ClIN2O. The van der Waals surface area contributed by atoms with E-state index < -0.39 is 0 Å². The second-order valence-electron chi connectivity index (χ2n) is 2.71. The summed E-state index contributed by atoms with van der Waals surface area (Å²) in [5.41, 5.74) is 0.569. The van der Waals surface area contributed by atoms with E-state index in [2.05, 4.69) is 32.6 Å². The van der Waals surface area contributed by atoms with E-state index in [0.717, 1.165) is 14.7 Å². The van der Waals surface area contributed by atoms with Crippen LogP contribution in [-0.4, -0.2) is 9.97 Å². The van der Waals surface area contributed by atoms with E-state index >= 15 is 0 Å². The molecule has 0 aliphatic heterocycles. The number of hydrogen-bond acceptors (Lipinski definition) is 3. The average molecular weight is 309 g/mol. The molecule has 0 unspecified atom stereocenters. The normalized spacial score (nSPS) is 11.1. The first-order chi connectivity index (χ1) is 6.09. The van der Waals surface area contributed by atoms with Crippen molar-refractivity contribution in [3.8, 4) is 0 Å². The summed E-state index contributed by atoms with van der Waals surface area (Å²) in [6.07, 6.45) is 0. The maximum absolute atomic E-state index is 5.97. The molecule has 5 heteroatoms. The minimum Gasteiger partial charge on any atom is -0.442 e. The molecule has 13 heavy (non-hydrogen) atoms. The van der Waals surface area contributed by atoms with Gasteiger partial charge >= 0.3 is 0 Å². The molecule has 2 aromatic rings. The highest BCUT2D eigenvalue weighted by molar-refractivity contribution is 14.1. The third-order valence-corrected chi connectivity index (χ3v) is 3.29. The van der Waals surface area contributed by atoms with Crippen LogP contribution in [0.15, 0.2) is 4.42 Å². The van der Waals surface area contributed by atoms with Crippen LogP contribution < -0.4 is 0 Å². The number of aryl methyl sites for hydroxylation is 2. The summed E-state index contributed by atoms with van der Waals surface area (Å²) in [6, 6.07) is 0. The van der Waals surface area contributed by atoms with Crippen molar-refractivity contribution in [3.63, 3.8) is 0 Å². The molecule has 0 atom stereocenters. The van der Waals surface area contributed by atoms with Crippen molar-refractivity contribution in [3.05, 3.63) is 20.3 Å². The van der Waals surface area contributed by atoms with Crippen LogP contribution in [0.5, 0.6) is 0 Å². The van der Waals surface area contributed by atoms with Crippen LogP contribution in [0.2, 0.25) is 5.15 Å². The summed E-state index contributed by atoms with van der Waals surface area (Å²) < 4.78 is 6.40. The van der Waals surface area contributed by atoms with E-state index in [1.807, 2.05) is 6.92 Å².